The molecule has 0 fully saturated rings. The van der Waals surface area contributed by atoms with Gasteiger partial charge in [0.05, 0.1) is 27.0 Å². The molecule has 23 heavy (non-hydrogen) atoms. The van der Waals surface area contributed by atoms with Crippen molar-refractivity contribution in [2.75, 3.05) is 0 Å². The number of benzene rings is 2. The first-order valence-electron chi connectivity index (χ1n) is 6.87. The molecule has 0 amide bonds. The van der Waals surface area contributed by atoms with Crippen LogP contribution in [0.4, 0.5) is 5.69 Å². The van der Waals surface area contributed by atoms with Crippen molar-refractivity contribution >= 4 is 33.9 Å². The number of nitro benzene ring substituents is 1. The first-order chi connectivity index (χ1) is 11.2. The van der Waals surface area contributed by atoms with Crippen molar-refractivity contribution in [2.45, 2.75) is 0 Å². The molecule has 0 bridgehead atoms. The molecule has 0 aliphatic heterocycles. The predicted molar refractivity (Wildman–Crippen MR) is 85.0 cm³/mol. The third-order valence-corrected chi connectivity index (χ3v) is 3.82. The number of nitro groups is 1. The molecule has 0 saturated heterocycles. The summed E-state index contributed by atoms with van der Waals surface area (Å²) in [5.74, 6) is 0.546. The zero-order chi connectivity index (χ0) is 16.0. The fourth-order valence-electron chi connectivity index (χ4n) is 2.75. The summed E-state index contributed by atoms with van der Waals surface area (Å²) in [7, 11) is 0. The Kier molecular flexibility index (Phi) is 2.74. The van der Waals surface area contributed by atoms with Crippen LogP contribution in [0.5, 0.6) is 0 Å². The average molecular weight is 306 g/mol. The average Bonchev–Trinajstić information content (AvgIpc) is 3.14. The largest absolute Gasteiger partial charge is 0.340 e. The lowest BCUT2D eigenvalue weighted by atomic mass is 10.1. The number of imidazole rings is 1. The molecule has 0 unspecified atom stereocenters. The number of H-pyrrole nitrogens is 1. The molecule has 4 rings (SSSR count). The van der Waals surface area contributed by atoms with Gasteiger partial charge >= 0.3 is 0 Å². The standard InChI is InChI=1S/C16H10N4O3/c21-8-12-11-6-5-10(20(22)23)7-14(11)18-16(12)19-9-17-13-3-1-2-4-15(13)19/h1-9,18H. The van der Waals surface area contributed by atoms with Gasteiger partial charge in [-0.2, -0.15) is 0 Å². The highest BCUT2D eigenvalue weighted by molar-refractivity contribution is 6.02. The number of carbonyl (C=O) groups excluding carboxylic acids is 1. The summed E-state index contributed by atoms with van der Waals surface area (Å²) in [6.45, 7) is 0. The second-order valence-corrected chi connectivity index (χ2v) is 5.10. The Hall–Kier alpha value is -3.48. The highest BCUT2D eigenvalue weighted by atomic mass is 16.6. The number of carbonyl (C=O) groups is 1. The first-order valence-corrected chi connectivity index (χ1v) is 6.87. The molecule has 2 aromatic heterocycles. The Morgan fingerprint density at radius 1 is 1.22 bits per heavy atom. The molecular weight excluding hydrogens is 296 g/mol. The summed E-state index contributed by atoms with van der Waals surface area (Å²) >= 11 is 0. The van der Waals surface area contributed by atoms with Crippen LogP contribution in [0.3, 0.4) is 0 Å². The summed E-state index contributed by atoms with van der Waals surface area (Å²) in [6.07, 6.45) is 2.37. The molecule has 0 spiro atoms. The monoisotopic (exact) mass is 306 g/mol. The highest BCUT2D eigenvalue weighted by Gasteiger charge is 2.17. The van der Waals surface area contributed by atoms with Gasteiger partial charge in [-0.25, -0.2) is 4.98 Å². The van der Waals surface area contributed by atoms with E-state index in [1.807, 2.05) is 24.3 Å². The number of aromatic amines is 1. The van der Waals surface area contributed by atoms with E-state index in [1.165, 1.54) is 12.1 Å². The van der Waals surface area contributed by atoms with E-state index in [2.05, 4.69) is 9.97 Å². The summed E-state index contributed by atoms with van der Waals surface area (Å²) in [4.78, 5) is 29.4. The lowest BCUT2D eigenvalue weighted by Crippen LogP contribution is -1.96. The number of nitrogens with one attached hydrogen (secondary N) is 1. The van der Waals surface area contributed by atoms with E-state index in [-0.39, 0.29) is 5.69 Å². The van der Waals surface area contributed by atoms with Crippen LogP contribution < -0.4 is 0 Å². The van der Waals surface area contributed by atoms with Crippen molar-refractivity contribution in [3.8, 4) is 5.82 Å². The summed E-state index contributed by atoms with van der Waals surface area (Å²) in [5, 5.41) is 11.6. The number of para-hydroxylation sites is 2. The SMILES string of the molecule is O=Cc1c(-n2cnc3ccccc32)[nH]c2cc([N+](=O)[O-])ccc12. The predicted octanol–water partition coefficient (Wildman–Crippen LogP) is 3.23. The molecule has 0 saturated carbocycles. The topological polar surface area (TPSA) is 93.8 Å². The van der Waals surface area contributed by atoms with Crippen LogP contribution in [0, 0.1) is 10.1 Å². The van der Waals surface area contributed by atoms with Crippen LogP contribution in [-0.4, -0.2) is 25.7 Å². The quantitative estimate of drug-likeness (QED) is 0.357. The number of nitrogens with zero attached hydrogens (tertiary/aromatic N) is 3. The van der Waals surface area contributed by atoms with Crippen molar-refractivity contribution in [2.24, 2.45) is 0 Å². The Bertz CT molecular complexity index is 1080. The third kappa shape index (κ3) is 1.90. The highest BCUT2D eigenvalue weighted by Crippen LogP contribution is 2.29. The third-order valence-electron chi connectivity index (χ3n) is 3.82. The van der Waals surface area contributed by atoms with Gasteiger partial charge in [-0.15, -0.1) is 0 Å². The fraction of sp³-hybridized carbons (Fsp3) is 0. The van der Waals surface area contributed by atoms with Crippen LogP contribution in [0.25, 0.3) is 27.8 Å². The fourth-order valence-corrected chi connectivity index (χ4v) is 2.75. The number of aromatic nitrogens is 3. The molecule has 0 aliphatic rings. The minimum atomic E-state index is -0.465. The summed E-state index contributed by atoms with van der Waals surface area (Å²) in [6, 6.07) is 11.9. The van der Waals surface area contributed by atoms with Crippen LogP contribution in [0.1, 0.15) is 10.4 Å². The molecule has 0 aliphatic carbocycles. The van der Waals surface area contributed by atoms with Crippen molar-refractivity contribution in [1.82, 2.24) is 14.5 Å². The van der Waals surface area contributed by atoms with Gasteiger partial charge in [0.1, 0.15) is 12.1 Å². The van der Waals surface area contributed by atoms with Gasteiger partial charge in [-0.05, 0) is 18.2 Å². The minimum Gasteiger partial charge on any atom is -0.340 e. The van der Waals surface area contributed by atoms with E-state index in [4.69, 9.17) is 0 Å². The summed E-state index contributed by atoms with van der Waals surface area (Å²) in [5.41, 5.74) is 2.59. The van der Waals surface area contributed by atoms with Crippen molar-refractivity contribution in [3.05, 3.63) is 64.5 Å². The lowest BCUT2D eigenvalue weighted by Gasteiger charge is -2.02. The number of hydrogen-bond donors (Lipinski definition) is 1. The Morgan fingerprint density at radius 2 is 2.04 bits per heavy atom. The van der Waals surface area contributed by atoms with Crippen molar-refractivity contribution < 1.29 is 9.72 Å². The van der Waals surface area contributed by atoms with Gasteiger partial charge in [0.2, 0.25) is 0 Å². The molecule has 112 valence electrons. The maximum Gasteiger partial charge on any atom is 0.271 e. The number of rotatable bonds is 3. The molecule has 0 radical (unpaired) electrons. The minimum absolute atomic E-state index is 0.0294. The van der Waals surface area contributed by atoms with Gasteiger partial charge in [0, 0.05) is 17.5 Å². The first kappa shape index (κ1) is 13.2. The van der Waals surface area contributed by atoms with Gasteiger partial charge in [0.15, 0.2) is 6.29 Å². The van der Waals surface area contributed by atoms with Crippen LogP contribution in [0.15, 0.2) is 48.8 Å². The maximum atomic E-state index is 11.6. The zero-order valence-corrected chi connectivity index (χ0v) is 11.8. The lowest BCUT2D eigenvalue weighted by molar-refractivity contribution is -0.384. The maximum absolute atomic E-state index is 11.6. The molecule has 2 heterocycles. The second kappa shape index (κ2) is 4.77. The van der Waals surface area contributed by atoms with E-state index in [1.54, 1.807) is 17.0 Å². The number of hydrogen-bond acceptors (Lipinski definition) is 4. The molecule has 7 heteroatoms. The second-order valence-electron chi connectivity index (χ2n) is 5.10. The van der Waals surface area contributed by atoms with Crippen LogP contribution >= 0.6 is 0 Å². The van der Waals surface area contributed by atoms with Crippen molar-refractivity contribution in [3.63, 3.8) is 0 Å². The molecule has 4 aromatic rings. The summed E-state index contributed by atoms with van der Waals surface area (Å²) < 4.78 is 1.77. The number of fused-ring (bicyclic) bond motifs is 2. The van der Waals surface area contributed by atoms with Crippen LogP contribution in [0.2, 0.25) is 0 Å². The molecule has 0 atom stereocenters. The van der Waals surface area contributed by atoms with Gasteiger partial charge < -0.3 is 4.98 Å². The number of aldehydes is 1. The Labute approximate surface area is 129 Å². The molecule has 1 N–H and O–H groups in total. The van der Waals surface area contributed by atoms with E-state index in [0.29, 0.717) is 22.3 Å². The Balaban J connectivity index is 2.03. The zero-order valence-electron chi connectivity index (χ0n) is 11.8. The van der Waals surface area contributed by atoms with E-state index in [9.17, 15) is 14.9 Å². The normalized spacial score (nSPS) is 11.1. The Morgan fingerprint density at radius 3 is 2.83 bits per heavy atom. The molecule has 2 aromatic carbocycles. The van der Waals surface area contributed by atoms with Gasteiger partial charge in [0.25, 0.3) is 5.69 Å². The van der Waals surface area contributed by atoms with Gasteiger partial charge in [-0.3, -0.25) is 19.5 Å². The molecule has 7 nitrogen and oxygen atoms in total. The van der Waals surface area contributed by atoms with E-state index in [0.717, 1.165) is 17.3 Å². The van der Waals surface area contributed by atoms with E-state index < -0.39 is 4.92 Å². The van der Waals surface area contributed by atoms with Crippen molar-refractivity contribution in [1.29, 1.82) is 0 Å². The molecular formula is C16H10N4O3. The van der Waals surface area contributed by atoms with Crippen LogP contribution in [-0.2, 0) is 0 Å². The van der Waals surface area contributed by atoms with Gasteiger partial charge in [-0.1, -0.05) is 12.1 Å². The smallest absolute Gasteiger partial charge is 0.271 e. The number of non-ortho nitro benzene ring substituents is 1. The van der Waals surface area contributed by atoms with E-state index >= 15 is 0 Å².